The van der Waals surface area contributed by atoms with Gasteiger partial charge in [-0.1, -0.05) is 19.9 Å². The molecule has 0 atom stereocenters. The van der Waals surface area contributed by atoms with Crippen LogP contribution in [0.15, 0.2) is 47.4 Å². The quantitative estimate of drug-likeness (QED) is 0.742. The first-order valence-corrected chi connectivity index (χ1v) is 9.74. The summed E-state index contributed by atoms with van der Waals surface area (Å²) in [5.74, 6) is 0.246. The van der Waals surface area contributed by atoms with Crippen molar-refractivity contribution in [1.29, 1.82) is 0 Å². The molecule has 2 aromatic rings. The highest BCUT2D eigenvalue weighted by molar-refractivity contribution is 7.92. The highest BCUT2D eigenvalue weighted by Gasteiger charge is 2.18. The minimum absolute atomic E-state index is 0.104. The molecular formula is C19H23NO5S. The molecule has 0 amide bonds. The Kier molecular flexibility index (Phi) is 6.26. The molecule has 0 bridgehead atoms. The number of esters is 1. The van der Waals surface area contributed by atoms with Gasteiger partial charge in [0.15, 0.2) is 0 Å². The number of rotatable bonds is 7. The van der Waals surface area contributed by atoms with Crippen molar-refractivity contribution in [3.8, 4) is 5.75 Å². The Hall–Kier alpha value is -2.54. The van der Waals surface area contributed by atoms with Crippen LogP contribution in [0.4, 0.5) is 5.69 Å². The Morgan fingerprint density at radius 3 is 2.50 bits per heavy atom. The van der Waals surface area contributed by atoms with Gasteiger partial charge in [-0.05, 0) is 54.8 Å². The minimum atomic E-state index is -3.81. The molecule has 0 saturated heterocycles. The highest BCUT2D eigenvalue weighted by atomic mass is 32.2. The molecule has 0 saturated carbocycles. The third kappa shape index (κ3) is 4.54. The van der Waals surface area contributed by atoms with Gasteiger partial charge in [0.25, 0.3) is 10.0 Å². The first-order chi connectivity index (χ1) is 12.3. The van der Waals surface area contributed by atoms with Crippen LogP contribution >= 0.6 is 0 Å². The molecule has 0 unspecified atom stereocenters. The number of methoxy groups -OCH3 is 1. The van der Waals surface area contributed by atoms with Crippen LogP contribution in [0.25, 0.3) is 0 Å². The summed E-state index contributed by atoms with van der Waals surface area (Å²) in [7, 11) is -2.26. The SMILES string of the molecule is CCOC(=O)c1cccc(NS(=O)(=O)c2ccc(OC)c(C(C)C)c2)c1. The van der Waals surface area contributed by atoms with Crippen LogP contribution in [0.5, 0.6) is 5.75 Å². The van der Waals surface area contributed by atoms with E-state index < -0.39 is 16.0 Å². The normalized spacial score (nSPS) is 11.3. The zero-order valence-corrected chi connectivity index (χ0v) is 16.1. The molecule has 0 spiro atoms. The molecule has 0 heterocycles. The van der Waals surface area contributed by atoms with Gasteiger partial charge in [0.05, 0.1) is 24.2 Å². The van der Waals surface area contributed by atoms with Crippen LogP contribution in [0, 0.1) is 0 Å². The van der Waals surface area contributed by atoms with Crippen molar-refractivity contribution < 1.29 is 22.7 Å². The lowest BCUT2D eigenvalue weighted by atomic mass is 10.0. The fraction of sp³-hybridized carbons (Fsp3) is 0.316. The summed E-state index contributed by atoms with van der Waals surface area (Å²) in [6.45, 7) is 5.88. The standard InChI is InChI=1S/C19H23NO5S/c1-5-25-19(21)14-7-6-8-15(11-14)20-26(22,23)16-9-10-18(24-4)17(12-16)13(2)3/h6-13,20H,5H2,1-4H3. The van der Waals surface area contributed by atoms with E-state index in [-0.39, 0.29) is 28.7 Å². The lowest BCUT2D eigenvalue weighted by Gasteiger charge is -2.15. The van der Waals surface area contributed by atoms with E-state index in [2.05, 4.69) is 4.72 Å². The van der Waals surface area contributed by atoms with Crippen molar-refractivity contribution in [2.75, 3.05) is 18.4 Å². The molecule has 7 heteroatoms. The van der Waals surface area contributed by atoms with E-state index in [1.165, 1.54) is 12.1 Å². The molecule has 2 aromatic carbocycles. The number of benzene rings is 2. The summed E-state index contributed by atoms with van der Waals surface area (Å²) < 4.78 is 38.2. The third-order valence-electron chi connectivity index (χ3n) is 3.76. The molecule has 1 N–H and O–H groups in total. The van der Waals surface area contributed by atoms with Gasteiger partial charge in [0.2, 0.25) is 0 Å². The molecular weight excluding hydrogens is 354 g/mol. The zero-order valence-electron chi connectivity index (χ0n) is 15.3. The number of hydrogen-bond acceptors (Lipinski definition) is 5. The van der Waals surface area contributed by atoms with E-state index >= 15 is 0 Å². The molecule has 0 fully saturated rings. The number of ether oxygens (including phenoxy) is 2. The number of sulfonamides is 1. The van der Waals surface area contributed by atoms with E-state index in [1.807, 2.05) is 13.8 Å². The van der Waals surface area contributed by atoms with Crippen molar-refractivity contribution in [2.24, 2.45) is 0 Å². The van der Waals surface area contributed by atoms with E-state index in [9.17, 15) is 13.2 Å². The average Bonchev–Trinajstić information content (AvgIpc) is 2.61. The average molecular weight is 377 g/mol. The minimum Gasteiger partial charge on any atom is -0.496 e. The van der Waals surface area contributed by atoms with Crippen molar-refractivity contribution in [3.05, 3.63) is 53.6 Å². The topological polar surface area (TPSA) is 81.7 Å². The van der Waals surface area contributed by atoms with Crippen molar-refractivity contribution in [3.63, 3.8) is 0 Å². The summed E-state index contributed by atoms with van der Waals surface area (Å²) in [6.07, 6.45) is 0. The summed E-state index contributed by atoms with van der Waals surface area (Å²) in [5, 5.41) is 0. The van der Waals surface area contributed by atoms with E-state index in [0.717, 1.165) is 5.56 Å². The predicted molar refractivity (Wildman–Crippen MR) is 100 cm³/mol. The fourth-order valence-corrected chi connectivity index (χ4v) is 3.55. The van der Waals surface area contributed by atoms with Crippen molar-refractivity contribution in [1.82, 2.24) is 0 Å². The van der Waals surface area contributed by atoms with Crippen molar-refractivity contribution >= 4 is 21.7 Å². The van der Waals surface area contributed by atoms with E-state index in [1.54, 1.807) is 44.4 Å². The fourth-order valence-electron chi connectivity index (χ4n) is 2.47. The summed E-state index contributed by atoms with van der Waals surface area (Å²) >= 11 is 0. The zero-order chi connectivity index (χ0) is 19.3. The maximum atomic E-state index is 12.7. The smallest absolute Gasteiger partial charge is 0.338 e. The van der Waals surface area contributed by atoms with Crippen LogP contribution in [-0.2, 0) is 14.8 Å². The second-order valence-electron chi connectivity index (χ2n) is 5.97. The molecule has 0 aliphatic carbocycles. The third-order valence-corrected chi connectivity index (χ3v) is 5.14. The lowest BCUT2D eigenvalue weighted by Crippen LogP contribution is -2.14. The number of carbonyl (C=O) groups excluding carboxylic acids is 1. The van der Waals surface area contributed by atoms with Gasteiger partial charge in [-0.15, -0.1) is 0 Å². The predicted octanol–water partition coefficient (Wildman–Crippen LogP) is 3.80. The van der Waals surface area contributed by atoms with Gasteiger partial charge in [0, 0.05) is 5.69 Å². The largest absolute Gasteiger partial charge is 0.496 e. The van der Waals surface area contributed by atoms with Crippen LogP contribution in [0.1, 0.15) is 42.6 Å². The van der Waals surface area contributed by atoms with Gasteiger partial charge >= 0.3 is 5.97 Å². The summed E-state index contributed by atoms with van der Waals surface area (Å²) in [5.41, 5.74) is 1.37. The number of carbonyl (C=O) groups is 1. The Morgan fingerprint density at radius 1 is 1.15 bits per heavy atom. The van der Waals surface area contributed by atoms with E-state index in [0.29, 0.717) is 5.75 Å². The highest BCUT2D eigenvalue weighted by Crippen LogP contribution is 2.29. The van der Waals surface area contributed by atoms with Gasteiger partial charge < -0.3 is 9.47 Å². The molecule has 2 rings (SSSR count). The van der Waals surface area contributed by atoms with Gasteiger partial charge in [-0.25, -0.2) is 13.2 Å². The molecule has 140 valence electrons. The Labute approximate surface area is 154 Å². The second-order valence-corrected chi connectivity index (χ2v) is 7.65. The van der Waals surface area contributed by atoms with Crippen LogP contribution in [-0.4, -0.2) is 28.1 Å². The van der Waals surface area contributed by atoms with Crippen LogP contribution < -0.4 is 9.46 Å². The Bertz CT molecular complexity index is 891. The Balaban J connectivity index is 2.33. The molecule has 0 aliphatic heterocycles. The molecule has 0 aliphatic rings. The maximum Gasteiger partial charge on any atom is 0.338 e. The summed E-state index contributed by atoms with van der Waals surface area (Å²) in [6, 6.07) is 10.9. The van der Waals surface area contributed by atoms with Crippen molar-refractivity contribution in [2.45, 2.75) is 31.6 Å². The number of hydrogen-bond donors (Lipinski definition) is 1. The van der Waals surface area contributed by atoms with Gasteiger partial charge in [-0.2, -0.15) is 0 Å². The van der Waals surface area contributed by atoms with Crippen LogP contribution in [0.2, 0.25) is 0 Å². The monoisotopic (exact) mass is 377 g/mol. The van der Waals surface area contributed by atoms with Gasteiger partial charge in [0.1, 0.15) is 5.75 Å². The maximum absolute atomic E-state index is 12.7. The first-order valence-electron chi connectivity index (χ1n) is 8.26. The first kappa shape index (κ1) is 19.8. The van der Waals surface area contributed by atoms with E-state index in [4.69, 9.17) is 9.47 Å². The van der Waals surface area contributed by atoms with Gasteiger partial charge in [-0.3, -0.25) is 4.72 Å². The number of nitrogens with one attached hydrogen (secondary N) is 1. The molecule has 0 aromatic heterocycles. The number of anilines is 1. The second kappa shape index (κ2) is 8.23. The Morgan fingerprint density at radius 2 is 1.88 bits per heavy atom. The molecule has 0 radical (unpaired) electrons. The molecule has 6 nitrogen and oxygen atoms in total. The van der Waals surface area contributed by atoms with Crippen LogP contribution in [0.3, 0.4) is 0 Å². The lowest BCUT2D eigenvalue weighted by molar-refractivity contribution is 0.0526. The summed E-state index contributed by atoms with van der Waals surface area (Å²) in [4.78, 5) is 11.9. The molecule has 26 heavy (non-hydrogen) atoms.